The number of benzene rings is 9. The van der Waals surface area contributed by atoms with E-state index in [0.717, 1.165) is 65.8 Å². The van der Waals surface area contributed by atoms with Crippen molar-refractivity contribution in [2.24, 2.45) is 0 Å². The largest absolute Gasteiger partial charge is 0.277 e. The second-order valence-electron chi connectivity index (χ2n) is 14.8. The Labute approximate surface area is 338 Å². The van der Waals surface area contributed by atoms with Crippen LogP contribution in [-0.4, -0.2) is 19.5 Å². The fraction of sp³-hybridized carbons (Fsp3) is 0. The van der Waals surface area contributed by atoms with Crippen molar-refractivity contribution in [1.82, 2.24) is 19.5 Å². The summed E-state index contributed by atoms with van der Waals surface area (Å²) in [6.45, 7) is 0. The molecule has 0 aliphatic carbocycles. The van der Waals surface area contributed by atoms with E-state index in [9.17, 15) is 0 Å². The predicted molar refractivity (Wildman–Crippen MR) is 244 cm³/mol. The molecule has 0 saturated carbocycles. The van der Waals surface area contributed by atoms with Crippen molar-refractivity contribution in [3.8, 4) is 51.0 Å². The number of para-hydroxylation sites is 1. The Balaban J connectivity index is 1.16. The van der Waals surface area contributed by atoms with E-state index < -0.39 is 0 Å². The smallest absolute Gasteiger partial charge is 0.238 e. The predicted octanol–water partition coefficient (Wildman–Crippen LogP) is 14.3. The third-order valence-electron chi connectivity index (χ3n) is 11.4. The van der Waals surface area contributed by atoms with Gasteiger partial charge in [-0.25, -0.2) is 4.98 Å². The zero-order chi connectivity index (χ0) is 38.2. The summed E-state index contributed by atoms with van der Waals surface area (Å²) >= 11 is 1.84. The number of hydrogen-bond donors (Lipinski definition) is 0. The minimum atomic E-state index is 0.576. The topological polar surface area (TPSA) is 43.6 Å². The lowest BCUT2D eigenvalue weighted by molar-refractivity contribution is 0.955. The fourth-order valence-corrected chi connectivity index (χ4v) is 9.79. The molecule has 0 unspecified atom stereocenters. The highest BCUT2D eigenvalue weighted by atomic mass is 32.1. The van der Waals surface area contributed by atoms with E-state index >= 15 is 0 Å². The van der Waals surface area contributed by atoms with Gasteiger partial charge in [0.2, 0.25) is 5.95 Å². The van der Waals surface area contributed by atoms with Crippen LogP contribution in [0, 0.1) is 0 Å². The van der Waals surface area contributed by atoms with Crippen molar-refractivity contribution >= 4 is 74.9 Å². The van der Waals surface area contributed by atoms with Crippen LogP contribution in [0.1, 0.15) is 0 Å². The summed E-state index contributed by atoms with van der Waals surface area (Å²) in [6.07, 6.45) is 0. The van der Waals surface area contributed by atoms with Crippen LogP contribution >= 0.6 is 11.3 Å². The molecule has 0 aliphatic rings. The Morgan fingerprint density at radius 1 is 0.328 bits per heavy atom. The summed E-state index contributed by atoms with van der Waals surface area (Å²) < 4.78 is 4.86. The maximum absolute atomic E-state index is 5.41. The highest BCUT2D eigenvalue weighted by molar-refractivity contribution is 7.25. The van der Waals surface area contributed by atoms with Crippen LogP contribution in [-0.2, 0) is 0 Å². The molecule has 5 heteroatoms. The Kier molecular flexibility index (Phi) is 7.37. The molecule has 0 radical (unpaired) electrons. The molecule has 9 aromatic carbocycles. The fourth-order valence-electron chi connectivity index (χ4n) is 8.65. The van der Waals surface area contributed by atoms with Crippen molar-refractivity contribution in [2.75, 3.05) is 0 Å². The lowest BCUT2D eigenvalue weighted by Crippen LogP contribution is -2.07. The molecular formula is C53H32N4S. The Morgan fingerprint density at radius 2 is 0.914 bits per heavy atom. The van der Waals surface area contributed by atoms with Gasteiger partial charge in [0, 0.05) is 53.0 Å². The first-order chi connectivity index (χ1) is 28.7. The van der Waals surface area contributed by atoms with Crippen LogP contribution in [0.4, 0.5) is 0 Å². The van der Waals surface area contributed by atoms with Gasteiger partial charge in [0.1, 0.15) is 0 Å². The lowest BCUT2D eigenvalue weighted by Gasteiger charge is -2.14. The van der Waals surface area contributed by atoms with Crippen LogP contribution in [0.25, 0.3) is 115 Å². The van der Waals surface area contributed by atoms with E-state index in [1.807, 2.05) is 17.4 Å². The molecule has 0 spiro atoms. The van der Waals surface area contributed by atoms with E-state index in [-0.39, 0.29) is 0 Å². The summed E-state index contributed by atoms with van der Waals surface area (Å²) in [6, 6.07) is 69.2. The number of aromatic nitrogens is 4. The second-order valence-corrected chi connectivity index (χ2v) is 15.9. The molecule has 0 saturated heterocycles. The summed E-state index contributed by atoms with van der Waals surface area (Å²) in [7, 11) is 0. The molecule has 3 heterocycles. The average Bonchev–Trinajstić information content (AvgIpc) is 3.85. The molecule has 12 rings (SSSR count). The standard InChI is InChI=1S/C53H32N4S/c1-2-11-33(12-3-1)35-21-24-37(25-22-35)51-54-52(40-26-23-34-13-4-5-15-38(34)31-40)56-53(55-51)57-49-41-16-7-6-14-36(41)27-30-46(49)45-19-10-18-42(50(45)57)39-28-29-44-43-17-8-9-20-47(43)58-48(44)32-39/h1-32H. The van der Waals surface area contributed by atoms with Gasteiger partial charge < -0.3 is 0 Å². The van der Waals surface area contributed by atoms with Crippen molar-refractivity contribution < 1.29 is 0 Å². The third kappa shape index (κ3) is 5.25. The van der Waals surface area contributed by atoms with Crippen molar-refractivity contribution in [1.29, 1.82) is 0 Å². The van der Waals surface area contributed by atoms with E-state index in [0.29, 0.717) is 17.6 Å². The van der Waals surface area contributed by atoms with E-state index in [2.05, 4.69) is 193 Å². The Morgan fingerprint density at radius 3 is 1.78 bits per heavy atom. The highest BCUT2D eigenvalue weighted by Crippen LogP contribution is 2.43. The average molecular weight is 757 g/mol. The molecule has 0 N–H and O–H groups in total. The summed E-state index contributed by atoms with van der Waals surface area (Å²) in [5, 5.41) is 9.49. The Hall–Kier alpha value is -7.47. The van der Waals surface area contributed by atoms with Crippen LogP contribution in [0.3, 0.4) is 0 Å². The molecule has 12 aromatic rings. The van der Waals surface area contributed by atoms with E-state index in [4.69, 9.17) is 15.0 Å². The third-order valence-corrected chi connectivity index (χ3v) is 12.6. The van der Waals surface area contributed by atoms with Gasteiger partial charge in [0.15, 0.2) is 11.6 Å². The van der Waals surface area contributed by atoms with Gasteiger partial charge >= 0.3 is 0 Å². The summed E-state index contributed by atoms with van der Waals surface area (Å²) in [4.78, 5) is 16.0. The molecule has 0 bridgehead atoms. The highest BCUT2D eigenvalue weighted by Gasteiger charge is 2.22. The number of rotatable bonds is 5. The zero-order valence-corrected chi connectivity index (χ0v) is 32.0. The zero-order valence-electron chi connectivity index (χ0n) is 31.2. The van der Waals surface area contributed by atoms with E-state index in [1.165, 1.54) is 31.1 Å². The molecule has 58 heavy (non-hydrogen) atoms. The van der Waals surface area contributed by atoms with Gasteiger partial charge in [-0.1, -0.05) is 176 Å². The van der Waals surface area contributed by atoms with Gasteiger partial charge in [0.05, 0.1) is 11.0 Å². The summed E-state index contributed by atoms with van der Waals surface area (Å²) in [5.41, 5.74) is 8.58. The lowest BCUT2D eigenvalue weighted by atomic mass is 10.00. The normalized spacial score (nSPS) is 11.8. The SMILES string of the molecule is c1ccc(-c2ccc(-c3nc(-c4ccc5ccccc5c4)nc(-n4c5c(-c6ccc7c(c6)sc6ccccc67)cccc5c5ccc6ccccc6c54)n3)cc2)cc1. The van der Waals surface area contributed by atoms with Crippen molar-refractivity contribution in [2.45, 2.75) is 0 Å². The molecule has 0 fully saturated rings. The first kappa shape index (κ1) is 32.7. The first-order valence-electron chi connectivity index (χ1n) is 19.5. The van der Waals surface area contributed by atoms with E-state index in [1.54, 1.807) is 0 Å². The number of fused-ring (bicyclic) bond motifs is 9. The van der Waals surface area contributed by atoms with Crippen LogP contribution < -0.4 is 0 Å². The maximum atomic E-state index is 5.41. The first-order valence-corrected chi connectivity index (χ1v) is 20.3. The Bertz CT molecular complexity index is 3560. The maximum Gasteiger partial charge on any atom is 0.238 e. The minimum absolute atomic E-state index is 0.576. The molecule has 270 valence electrons. The van der Waals surface area contributed by atoms with Crippen LogP contribution in [0.5, 0.6) is 0 Å². The van der Waals surface area contributed by atoms with Crippen molar-refractivity contribution in [3.63, 3.8) is 0 Å². The molecule has 0 aliphatic heterocycles. The molecule has 4 nitrogen and oxygen atoms in total. The van der Waals surface area contributed by atoms with Crippen LogP contribution in [0.2, 0.25) is 0 Å². The monoisotopic (exact) mass is 756 g/mol. The van der Waals surface area contributed by atoms with Gasteiger partial charge in [-0.2, -0.15) is 9.97 Å². The van der Waals surface area contributed by atoms with Gasteiger partial charge in [-0.3, -0.25) is 4.57 Å². The summed E-state index contributed by atoms with van der Waals surface area (Å²) in [5.74, 6) is 1.82. The second kappa shape index (κ2) is 13.1. The number of hydrogen-bond acceptors (Lipinski definition) is 4. The van der Waals surface area contributed by atoms with Crippen molar-refractivity contribution in [3.05, 3.63) is 194 Å². The number of thiophene rings is 1. The molecule has 3 aromatic heterocycles. The van der Waals surface area contributed by atoms with Gasteiger partial charge in [-0.05, 0) is 51.0 Å². The van der Waals surface area contributed by atoms with Crippen LogP contribution in [0.15, 0.2) is 194 Å². The number of nitrogens with zero attached hydrogens (tertiary/aromatic N) is 4. The van der Waals surface area contributed by atoms with Gasteiger partial charge in [-0.15, -0.1) is 11.3 Å². The quantitative estimate of drug-likeness (QED) is 0.176. The minimum Gasteiger partial charge on any atom is -0.277 e. The molecule has 0 atom stereocenters. The molecular weight excluding hydrogens is 725 g/mol. The van der Waals surface area contributed by atoms with Gasteiger partial charge in [0.25, 0.3) is 0 Å². The molecule has 0 amide bonds.